The molecule has 16 heavy (non-hydrogen) atoms. The van der Waals surface area contributed by atoms with Gasteiger partial charge in [0.1, 0.15) is 0 Å². The Bertz CT molecular complexity index is 529. The number of anilines is 1. The van der Waals surface area contributed by atoms with E-state index in [1.54, 1.807) is 29.8 Å². The second-order valence-electron chi connectivity index (χ2n) is 2.93. The molecule has 0 unspecified atom stereocenters. The van der Waals surface area contributed by atoms with Gasteiger partial charge in [-0.05, 0) is 34.1 Å². The van der Waals surface area contributed by atoms with Gasteiger partial charge in [-0.2, -0.15) is 0 Å². The SMILES string of the molecule is O=C(Nc1ncccc1Cl)c1csc(Br)c1. The first-order valence-electron chi connectivity index (χ1n) is 4.33. The lowest BCUT2D eigenvalue weighted by atomic mass is 10.3. The molecule has 6 heteroatoms. The van der Waals surface area contributed by atoms with Crippen molar-refractivity contribution in [2.24, 2.45) is 0 Å². The van der Waals surface area contributed by atoms with Gasteiger partial charge >= 0.3 is 0 Å². The number of pyridine rings is 1. The van der Waals surface area contributed by atoms with Gasteiger partial charge in [0.05, 0.1) is 14.4 Å². The molecule has 82 valence electrons. The van der Waals surface area contributed by atoms with Crippen LogP contribution in [0, 0.1) is 0 Å². The number of aromatic nitrogens is 1. The van der Waals surface area contributed by atoms with Crippen molar-refractivity contribution >= 4 is 50.6 Å². The molecule has 0 aliphatic carbocycles. The minimum absolute atomic E-state index is 0.220. The maximum Gasteiger partial charge on any atom is 0.257 e. The number of hydrogen-bond donors (Lipinski definition) is 1. The summed E-state index contributed by atoms with van der Waals surface area (Å²) in [6.45, 7) is 0. The van der Waals surface area contributed by atoms with Crippen LogP contribution in [0.25, 0.3) is 0 Å². The minimum Gasteiger partial charge on any atom is -0.305 e. The Balaban J connectivity index is 2.17. The summed E-state index contributed by atoms with van der Waals surface area (Å²) >= 11 is 10.6. The standard InChI is InChI=1S/C10H6BrClN2OS/c11-8-4-6(5-16-8)10(15)14-9-7(12)2-1-3-13-9/h1-5H,(H,13,14,15). The van der Waals surface area contributed by atoms with Gasteiger partial charge in [-0.1, -0.05) is 11.6 Å². The minimum atomic E-state index is -0.220. The van der Waals surface area contributed by atoms with Gasteiger partial charge in [0, 0.05) is 11.6 Å². The first-order chi connectivity index (χ1) is 7.66. The highest BCUT2D eigenvalue weighted by Crippen LogP contribution is 2.23. The van der Waals surface area contributed by atoms with E-state index >= 15 is 0 Å². The van der Waals surface area contributed by atoms with Crippen molar-refractivity contribution in [2.45, 2.75) is 0 Å². The smallest absolute Gasteiger partial charge is 0.257 e. The zero-order valence-corrected chi connectivity index (χ0v) is 11.1. The van der Waals surface area contributed by atoms with E-state index in [1.807, 2.05) is 0 Å². The molecule has 0 radical (unpaired) electrons. The van der Waals surface area contributed by atoms with Crippen LogP contribution in [0.4, 0.5) is 5.82 Å². The van der Waals surface area contributed by atoms with Crippen LogP contribution in [-0.2, 0) is 0 Å². The fraction of sp³-hybridized carbons (Fsp3) is 0. The molecule has 1 N–H and O–H groups in total. The summed E-state index contributed by atoms with van der Waals surface area (Å²) < 4.78 is 0.907. The first kappa shape index (κ1) is 11.6. The summed E-state index contributed by atoms with van der Waals surface area (Å²) in [7, 11) is 0. The van der Waals surface area contributed by atoms with Crippen molar-refractivity contribution in [3.8, 4) is 0 Å². The van der Waals surface area contributed by atoms with E-state index in [0.717, 1.165) is 3.79 Å². The van der Waals surface area contributed by atoms with Crippen LogP contribution in [0.5, 0.6) is 0 Å². The largest absolute Gasteiger partial charge is 0.305 e. The summed E-state index contributed by atoms with van der Waals surface area (Å²) in [5.74, 6) is 0.152. The lowest BCUT2D eigenvalue weighted by Gasteiger charge is -2.03. The van der Waals surface area contributed by atoms with E-state index in [4.69, 9.17) is 11.6 Å². The summed E-state index contributed by atoms with van der Waals surface area (Å²) in [5.41, 5.74) is 0.582. The number of thiophene rings is 1. The van der Waals surface area contributed by atoms with E-state index in [1.165, 1.54) is 11.3 Å². The molecule has 2 heterocycles. The quantitative estimate of drug-likeness (QED) is 0.915. The zero-order valence-electron chi connectivity index (χ0n) is 7.91. The number of rotatable bonds is 2. The average molecular weight is 318 g/mol. The highest BCUT2D eigenvalue weighted by atomic mass is 79.9. The summed E-state index contributed by atoms with van der Waals surface area (Å²) in [6.07, 6.45) is 1.57. The van der Waals surface area contributed by atoms with E-state index in [9.17, 15) is 4.79 Å². The third kappa shape index (κ3) is 2.61. The van der Waals surface area contributed by atoms with Crippen LogP contribution in [0.3, 0.4) is 0 Å². The van der Waals surface area contributed by atoms with Crippen LogP contribution in [0.2, 0.25) is 5.02 Å². The molecule has 0 fully saturated rings. The summed E-state index contributed by atoms with van der Waals surface area (Å²) in [4.78, 5) is 15.7. The average Bonchev–Trinajstić information content (AvgIpc) is 2.68. The predicted molar refractivity (Wildman–Crippen MR) is 69.2 cm³/mol. The Morgan fingerprint density at radius 3 is 3.00 bits per heavy atom. The number of halogens is 2. The number of nitrogens with one attached hydrogen (secondary N) is 1. The first-order valence-corrected chi connectivity index (χ1v) is 6.38. The van der Waals surface area contributed by atoms with Crippen molar-refractivity contribution < 1.29 is 4.79 Å². The number of nitrogens with zero attached hydrogens (tertiary/aromatic N) is 1. The topological polar surface area (TPSA) is 42.0 Å². The maximum absolute atomic E-state index is 11.8. The second-order valence-corrected chi connectivity index (χ2v) is 5.63. The van der Waals surface area contributed by atoms with Gasteiger partial charge in [0.15, 0.2) is 5.82 Å². The lowest BCUT2D eigenvalue weighted by Crippen LogP contribution is -2.12. The molecular formula is C10H6BrClN2OS. The van der Waals surface area contributed by atoms with Crippen LogP contribution in [0.15, 0.2) is 33.6 Å². The molecule has 0 aromatic carbocycles. The van der Waals surface area contributed by atoms with Gasteiger partial charge in [-0.3, -0.25) is 4.79 Å². The van der Waals surface area contributed by atoms with E-state index in [2.05, 4.69) is 26.2 Å². The second kappa shape index (κ2) is 4.95. The molecule has 3 nitrogen and oxygen atoms in total. The Morgan fingerprint density at radius 2 is 2.38 bits per heavy atom. The summed E-state index contributed by atoms with van der Waals surface area (Å²) in [6, 6.07) is 5.13. The third-order valence-corrected chi connectivity index (χ3v) is 3.63. The molecule has 0 atom stereocenters. The molecule has 1 amide bonds. The van der Waals surface area contributed by atoms with Crippen LogP contribution in [-0.4, -0.2) is 10.9 Å². The Hall–Kier alpha value is -0.910. The maximum atomic E-state index is 11.8. The molecule has 0 aliphatic heterocycles. The Labute approximate surface area is 110 Å². The fourth-order valence-electron chi connectivity index (χ4n) is 1.09. The van der Waals surface area contributed by atoms with Gasteiger partial charge in [0.2, 0.25) is 0 Å². The molecule has 0 bridgehead atoms. The molecule has 0 saturated carbocycles. The molecule has 0 saturated heterocycles. The van der Waals surface area contributed by atoms with E-state index in [0.29, 0.717) is 16.4 Å². The zero-order chi connectivity index (χ0) is 11.5. The van der Waals surface area contributed by atoms with E-state index in [-0.39, 0.29) is 5.91 Å². The van der Waals surface area contributed by atoms with Gasteiger partial charge in [0.25, 0.3) is 5.91 Å². The molecule has 0 spiro atoms. The highest BCUT2D eigenvalue weighted by molar-refractivity contribution is 9.11. The van der Waals surface area contributed by atoms with Crippen molar-refractivity contribution in [2.75, 3.05) is 5.32 Å². The summed E-state index contributed by atoms with van der Waals surface area (Å²) in [5, 5.41) is 4.83. The molecule has 0 aliphatic rings. The number of carbonyl (C=O) groups is 1. The van der Waals surface area contributed by atoms with Crippen molar-refractivity contribution in [1.29, 1.82) is 0 Å². The number of amides is 1. The number of hydrogen-bond acceptors (Lipinski definition) is 3. The molecule has 2 rings (SSSR count). The fourth-order valence-corrected chi connectivity index (χ4v) is 2.39. The van der Waals surface area contributed by atoms with Crippen LogP contribution >= 0.6 is 38.9 Å². The normalized spacial score (nSPS) is 10.1. The van der Waals surface area contributed by atoms with Crippen molar-refractivity contribution in [3.63, 3.8) is 0 Å². The lowest BCUT2D eigenvalue weighted by molar-refractivity contribution is 0.102. The Kier molecular flexibility index (Phi) is 3.58. The predicted octanol–water partition coefficient (Wildman–Crippen LogP) is 3.81. The Morgan fingerprint density at radius 1 is 1.56 bits per heavy atom. The molecular weight excluding hydrogens is 312 g/mol. The van der Waals surface area contributed by atoms with Crippen LogP contribution < -0.4 is 5.32 Å². The van der Waals surface area contributed by atoms with Crippen molar-refractivity contribution in [3.05, 3.63) is 44.1 Å². The highest BCUT2D eigenvalue weighted by Gasteiger charge is 2.10. The van der Waals surface area contributed by atoms with E-state index < -0.39 is 0 Å². The molecule has 2 aromatic heterocycles. The third-order valence-electron chi connectivity index (χ3n) is 1.82. The van der Waals surface area contributed by atoms with Crippen molar-refractivity contribution in [1.82, 2.24) is 4.98 Å². The van der Waals surface area contributed by atoms with Gasteiger partial charge < -0.3 is 5.32 Å². The molecule has 2 aromatic rings. The monoisotopic (exact) mass is 316 g/mol. The number of carbonyl (C=O) groups excluding carboxylic acids is 1. The van der Waals surface area contributed by atoms with Gasteiger partial charge in [-0.15, -0.1) is 11.3 Å². The van der Waals surface area contributed by atoms with Crippen LogP contribution in [0.1, 0.15) is 10.4 Å². The van der Waals surface area contributed by atoms with Gasteiger partial charge in [-0.25, -0.2) is 4.98 Å².